The first kappa shape index (κ1) is 18.3. The van der Waals surface area contributed by atoms with Crippen molar-refractivity contribution in [2.24, 2.45) is 51.8 Å². The fourth-order valence-electron chi connectivity index (χ4n) is 9.73. The second kappa shape index (κ2) is 5.42. The van der Waals surface area contributed by atoms with E-state index < -0.39 is 11.4 Å². The summed E-state index contributed by atoms with van der Waals surface area (Å²) in [6.07, 6.45) is 9.58. The minimum absolute atomic E-state index is 0.341. The van der Waals surface area contributed by atoms with Gasteiger partial charge in [0.25, 0.3) is 0 Å². The zero-order chi connectivity index (χ0) is 19.4. The number of carboxylic acids is 1. The summed E-state index contributed by atoms with van der Waals surface area (Å²) in [6.45, 7) is 12.1. The van der Waals surface area contributed by atoms with Gasteiger partial charge < -0.3 is 5.11 Å². The third-order valence-corrected chi connectivity index (χ3v) is 11.1. The zero-order valence-electron chi connectivity index (χ0n) is 18.0. The highest BCUT2D eigenvalue weighted by atomic mass is 16.4. The van der Waals surface area contributed by atoms with Crippen molar-refractivity contribution in [3.05, 3.63) is 11.1 Å². The standard InChI is InChI=1S/C25H38O2/c1-14(2)17-7-10-24(22(26)27)13-18-16(4)23(5)9-8-19-15(3)6-11-25(19,23)21(18)12-20(17)24/h14-15,17,19-21H,6-13H2,1-5H3,(H,26,27)/t15-,17+,19+,20?,21+,23+,24-,25-/m1/s1. The first-order chi connectivity index (χ1) is 12.7. The Morgan fingerprint density at radius 1 is 1.11 bits per heavy atom. The Kier molecular flexibility index (Phi) is 3.66. The van der Waals surface area contributed by atoms with E-state index in [1.165, 1.54) is 32.1 Å². The van der Waals surface area contributed by atoms with Crippen LogP contribution in [-0.2, 0) is 4.79 Å². The molecule has 5 aliphatic carbocycles. The van der Waals surface area contributed by atoms with Crippen molar-refractivity contribution in [2.75, 3.05) is 0 Å². The van der Waals surface area contributed by atoms with E-state index in [4.69, 9.17) is 0 Å². The van der Waals surface area contributed by atoms with Crippen LogP contribution in [0.15, 0.2) is 11.1 Å². The van der Waals surface area contributed by atoms with Crippen molar-refractivity contribution < 1.29 is 9.90 Å². The SMILES string of the molecule is CC1=C2C[C@]3(C(=O)O)CC[C@@H](C(C)C)C3C[C@@H]2[C@@]23CC[C@@H](C)[C@@H]2CC[C@@]13C. The highest BCUT2D eigenvalue weighted by molar-refractivity contribution is 5.77. The molecule has 4 fully saturated rings. The van der Waals surface area contributed by atoms with Gasteiger partial charge >= 0.3 is 5.97 Å². The molecule has 0 radical (unpaired) electrons. The Bertz CT molecular complexity index is 720. The number of carboxylic acid groups (broad SMARTS) is 1. The molecular weight excluding hydrogens is 332 g/mol. The summed E-state index contributed by atoms with van der Waals surface area (Å²) in [4.78, 5) is 12.6. The number of hydrogen-bond acceptors (Lipinski definition) is 1. The van der Waals surface area contributed by atoms with Crippen molar-refractivity contribution in [3.8, 4) is 0 Å². The lowest BCUT2D eigenvalue weighted by Gasteiger charge is -2.50. The average molecular weight is 371 g/mol. The molecule has 1 unspecified atom stereocenters. The Labute approximate surface area is 165 Å². The predicted octanol–water partition coefficient (Wildman–Crippen LogP) is 6.31. The fourth-order valence-corrected chi connectivity index (χ4v) is 9.73. The van der Waals surface area contributed by atoms with Crippen LogP contribution in [0.4, 0.5) is 0 Å². The molecule has 0 aromatic heterocycles. The highest BCUT2D eigenvalue weighted by Gasteiger charge is 2.72. The molecule has 0 aliphatic heterocycles. The van der Waals surface area contributed by atoms with Gasteiger partial charge in [-0.25, -0.2) is 0 Å². The van der Waals surface area contributed by atoms with Gasteiger partial charge in [0, 0.05) is 0 Å². The lowest BCUT2D eigenvalue weighted by Crippen LogP contribution is -2.47. The van der Waals surface area contributed by atoms with E-state index in [1.807, 2.05) is 0 Å². The normalized spacial score (nSPS) is 53.5. The number of allylic oxidation sites excluding steroid dienone is 2. The van der Waals surface area contributed by atoms with Gasteiger partial charge in [0.1, 0.15) is 0 Å². The molecule has 1 spiro atoms. The van der Waals surface area contributed by atoms with E-state index in [2.05, 4.69) is 34.6 Å². The molecule has 27 heavy (non-hydrogen) atoms. The number of rotatable bonds is 2. The van der Waals surface area contributed by atoms with Crippen LogP contribution in [-0.4, -0.2) is 11.1 Å². The molecule has 0 bridgehead atoms. The van der Waals surface area contributed by atoms with Crippen LogP contribution >= 0.6 is 0 Å². The third-order valence-electron chi connectivity index (χ3n) is 11.1. The van der Waals surface area contributed by atoms with Crippen molar-refractivity contribution in [2.45, 2.75) is 86.0 Å². The molecule has 8 atom stereocenters. The monoisotopic (exact) mass is 370 g/mol. The lowest BCUT2D eigenvalue weighted by atomic mass is 9.53. The maximum Gasteiger partial charge on any atom is 0.310 e. The maximum atomic E-state index is 12.6. The summed E-state index contributed by atoms with van der Waals surface area (Å²) in [5.41, 5.74) is 3.57. The van der Waals surface area contributed by atoms with Gasteiger partial charge in [-0.2, -0.15) is 0 Å². The van der Waals surface area contributed by atoms with Crippen LogP contribution < -0.4 is 0 Å². The van der Waals surface area contributed by atoms with Crippen molar-refractivity contribution in [1.29, 1.82) is 0 Å². The van der Waals surface area contributed by atoms with Crippen LogP contribution in [0.1, 0.15) is 86.0 Å². The van der Waals surface area contributed by atoms with E-state index in [1.54, 1.807) is 11.1 Å². The van der Waals surface area contributed by atoms with E-state index in [0.29, 0.717) is 34.5 Å². The van der Waals surface area contributed by atoms with Crippen molar-refractivity contribution in [1.82, 2.24) is 0 Å². The van der Waals surface area contributed by atoms with Gasteiger partial charge in [-0.1, -0.05) is 38.8 Å². The number of fused-ring (bicyclic) bond motifs is 2. The minimum atomic E-state index is -0.495. The third kappa shape index (κ3) is 1.87. The van der Waals surface area contributed by atoms with E-state index in [9.17, 15) is 9.90 Å². The van der Waals surface area contributed by atoms with Gasteiger partial charge in [-0.05, 0) is 105 Å². The van der Waals surface area contributed by atoms with E-state index in [-0.39, 0.29) is 0 Å². The van der Waals surface area contributed by atoms with Crippen molar-refractivity contribution in [3.63, 3.8) is 0 Å². The Hall–Kier alpha value is -0.790. The van der Waals surface area contributed by atoms with Crippen LogP contribution in [0.3, 0.4) is 0 Å². The van der Waals surface area contributed by atoms with Gasteiger partial charge in [0.15, 0.2) is 0 Å². The Morgan fingerprint density at radius 2 is 1.85 bits per heavy atom. The summed E-state index contributed by atoms with van der Waals surface area (Å²) in [5.74, 6) is 3.51. The van der Waals surface area contributed by atoms with Crippen LogP contribution in [0, 0.1) is 51.8 Å². The summed E-state index contributed by atoms with van der Waals surface area (Å²) < 4.78 is 0. The molecule has 150 valence electrons. The van der Waals surface area contributed by atoms with E-state index in [0.717, 1.165) is 31.1 Å². The maximum absolute atomic E-state index is 12.6. The molecule has 0 saturated heterocycles. The van der Waals surface area contributed by atoms with Gasteiger partial charge in [0.2, 0.25) is 0 Å². The molecule has 0 aromatic rings. The molecule has 1 N–H and O–H groups in total. The second-order valence-corrected chi connectivity index (χ2v) is 11.7. The summed E-state index contributed by atoms with van der Waals surface area (Å²) in [6, 6.07) is 0. The van der Waals surface area contributed by atoms with E-state index >= 15 is 0 Å². The second-order valence-electron chi connectivity index (χ2n) is 11.7. The fraction of sp³-hybridized carbons (Fsp3) is 0.880. The molecule has 2 heteroatoms. The van der Waals surface area contributed by atoms with Gasteiger partial charge in [-0.3, -0.25) is 4.79 Å². The van der Waals surface area contributed by atoms with Crippen molar-refractivity contribution >= 4 is 5.97 Å². The smallest absolute Gasteiger partial charge is 0.310 e. The van der Waals surface area contributed by atoms with Crippen LogP contribution in [0.2, 0.25) is 0 Å². The molecule has 0 heterocycles. The summed E-state index contributed by atoms with van der Waals surface area (Å²) in [7, 11) is 0. The average Bonchev–Trinajstić information content (AvgIpc) is 3.28. The number of aliphatic carboxylic acids is 1. The highest BCUT2D eigenvalue weighted by Crippen LogP contribution is 2.79. The molecule has 0 aromatic carbocycles. The zero-order valence-corrected chi connectivity index (χ0v) is 18.0. The van der Waals surface area contributed by atoms with Crippen LogP contribution in [0.25, 0.3) is 0 Å². The first-order valence-corrected chi connectivity index (χ1v) is 11.6. The van der Waals surface area contributed by atoms with Crippen LogP contribution in [0.5, 0.6) is 0 Å². The lowest BCUT2D eigenvalue weighted by molar-refractivity contribution is -0.154. The Balaban J connectivity index is 1.64. The topological polar surface area (TPSA) is 37.3 Å². The molecule has 0 amide bonds. The molecule has 5 rings (SSSR count). The molecular formula is C25H38O2. The molecule has 4 saturated carbocycles. The predicted molar refractivity (Wildman–Crippen MR) is 108 cm³/mol. The summed E-state index contributed by atoms with van der Waals surface area (Å²) in [5, 5.41) is 10.4. The minimum Gasteiger partial charge on any atom is -0.481 e. The molecule has 5 aliphatic rings. The first-order valence-electron chi connectivity index (χ1n) is 11.6. The van der Waals surface area contributed by atoms with Gasteiger partial charge in [-0.15, -0.1) is 0 Å². The quantitative estimate of drug-likeness (QED) is 0.578. The molecule has 2 nitrogen and oxygen atoms in total. The largest absolute Gasteiger partial charge is 0.481 e. The summed E-state index contributed by atoms with van der Waals surface area (Å²) >= 11 is 0. The van der Waals surface area contributed by atoms with Gasteiger partial charge in [0.05, 0.1) is 5.41 Å². The number of hydrogen-bond donors (Lipinski definition) is 1. The number of carbonyl (C=O) groups is 1. The Morgan fingerprint density at radius 3 is 2.52 bits per heavy atom.